The summed E-state index contributed by atoms with van der Waals surface area (Å²) in [5, 5.41) is 6.73. The zero-order valence-electron chi connectivity index (χ0n) is 13.2. The quantitative estimate of drug-likeness (QED) is 0.793. The molecule has 0 aromatic rings. The summed E-state index contributed by atoms with van der Waals surface area (Å²) in [6, 6.07) is 0.554. The van der Waals surface area contributed by atoms with E-state index < -0.39 is 0 Å². The molecule has 0 spiro atoms. The third kappa shape index (κ3) is 2.93. The van der Waals surface area contributed by atoms with Gasteiger partial charge in [0.2, 0.25) is 0 Å². The van der Waals surface area contributed by atoms with Gasteiger partial charge in [-0.15, -0.1) is 0 Å². The number of nitrogens with one attached hydrogen (secondary N) is 2. The maximum Gasteiger partial charge on any atom is 0.315 e. The van der Waals surface area contributed by atoms with E-state index in [1.165, 1.54) is 77.0 Å². The molecule has 0 aromatic carbocycles. The summed E-state index contributed by atoms with van der Waals surface area (Å²) in [6.45, 7) is 0. The molecule has 5 aliphatic rings. The topological polar surface area (TPSA) is 41.1 Å². The lowest BCUT2D eigenvalue weighted by Gasteiger charge is -2.48. The molecule has 0 heterocycles. The number of rotatable bonds is 2. The lowest BCUT2D eigenvalue weighted by atomic mass is 9.63. The second-order valence-corrected chi connectivity index (χ2v) is 8.47. The third-order valence-corrected chi connectivity index (χ3v) is 6.67. The minimum atomic E-state index is 0.129. The van der Waals surface area contributed by atoms with Gasteiger partial charge < -0.3 is 10.6 Å². The molecule has 21 heavy (non-hydrogen) atoms. The van der Waals surface area contributed by atoms with Gasteiger partial charge in [-0.25, -0.2) is 4.79 Å². The molecule has 5 aliphatic carbocycles. The van der Waals surface area contributed by atoms with E-state index in [2.05, 4.69) is 10.6 Å². The van der Waals surface area contributed by atoms with E-state index in [9.17, 15) is 4.79 Å². The Morgan fingerprint density at radius 2 is 1.43 bits per heavy atom. The minimum Gasteiger partial charge on any atom is -0.335 e. The summed E-state index contributed by atoms with van der Waals surface area (Å²) in [5.41, 5.74) is 0.145. The number of carbonyl (C=O) groups excluding carboxylic acids is 1. The molecule has 4 bridgehead atoms. The van der Waals surface area contributed by atoms with Gasteiger partial charge >= 0.3 is 6.03 Å². The fraction of sp³-hybridized carbons (Fsp3) is 0.944. The van der Waals surface area contributed by atoms with Crippen LogP contribution in [0.2, 0.25) is 0 Å². The SMILES string of the molecule is O=C(NC1CCCCC1)NC12CC3CCC(CC(C3)C1)C2. The number of fused-ring (bicyclic) bond motifs is 1. The monoisotopic (exact) mass is 290 g/mol. The Hall–Kier alpha value is -0.730. The number of amides is 2. The molecule has 118 valence electrons. The molecule has 5 saturated carbocycles. The van der Waals surface area contributed by atoms with Gasteiger partial charge in [-0.3, -0.25) is 0 Å². The molecule has 0 aliphatic heterocycles. The molecule has 2 unspecified atom stereocenters. The Labute approximate surface area is 128 Å². The zero-order valence-corrected chi connectivity index (χ0v) is 13.2. The van der Waals surface area contributed by atoms with Crippen molar-refractivity contribution < 1.29 is 4.79 Å². The Morgan fingerprint density at radius 1 is 0.810 bits per heavy atom. The summed E-state index contributed by atoms with van der Waals surface area (Å²) in [7, 11) is 0. The molecular formula is C18H30N2O. The van der Waals surface area contributed by atoms with E-state index >= 15 is 0 Å². The number of urea groups is 1. The van der Waals surface area contributed by atoms with Gasteiger partial charge in [-0.2, -0.15) is 0 Å². The number of carbonyl (C=O) groups is 1. The Balaban J connectivity index is 1.40. The fourth-order valence-electron chi connectivity index (χ4n) is 6.05. The van der Waals surface area contributed by atoms with Gasteiger partial charge in [0.15, 0.2) is 0 Å². The first-order valence-corrected chi connectivity index (χ1v) is 9.29. The summed E-state index contributed by atoms with van der Waals surface area (Å²) >= 11 is 0. The van der Waals surface area contributed by atoms with E-state index in [1.54, 1.807) is 0 Å². The Kier molecular flexibility index (Phi) is 3.63. The lowest BCUT2D eigenvalue weighted by Crippen LogP contribution is -2.58. The largest absolute Gasteiger partial charge is 0.335 e. The average Bonchev–Trinajstić information content (AvgIpc) is 2.65. The van der Waals surface area contributed by atoms with Crippen LogP contribution in [0.4, 0.5) is 4.79 Å². The van der Waals surface area contributed by atoms with Crippen molar-refractivity contribution in [2.24, 2.45) is 17.8 Å². The molecule has 2 atom stereocenters. The van der Waals surface area contributed by atoms with Crippen molar-refractivity contribution in [2.75, 3.05) is 0 Å². The van der Waals surface area contributed by atoms with Crippen molar-refractivity contribution in [1.82, 2.24) is 10.6 Å². The number of hydrogen-bond donors (Lipinski definition) is 2. The van der Waals surface area contributed by atoms with Crippen molar-refractivity contribution in [1.29, 1.82) is 0 Å². The van der Waals surface area contributed by atoms with Gasteiger partial charge in [0.1, 0.15) is 0 Å². The molecule has 0 saturated heterocycles. The van der Waals surface area contributed by atoms with Crippen LogP contribution in [-0.2, 0) is 0 Å². The van der Waals surface area contributed by atoms with Crippen LogP contribution in [0.5, 0.6) is 0 Å². The van der Waals surface area contributed by atoms with Crippen molar-refractivity contribution in [3.05, 3.63) is 0 Å². The molecule has 0 radical (unpaired) electrons. The van der Waals surface area contributed by atoms with E-state index in [-0.39, 0.29) is 11.6 Å². The van der Waals surface area contributed by atoms with Gasteiger partial charge in [0, 0.05) is 11.6 Å². The summed E-state index contributed by atoms with van der Waals surface area (Å²) in [4.78, 5) is 12.5. The fourth-order valence-corrected chi connectivity index (χ4v) is 6.05. The van der Waals surface area contributed by atoms with Crippen LogP contribution >= 0.6 is 0 Å². The normalized spacial score (nSPS) is 42.6. The van der Waals surface area contributed by atoms with Gasteiger partial charge in [0.25, 0.3) is 0 Å². The first-order chi connectivity index (χ1) is 10.2. The van der Waals surface area contributed by atoms with Gasteiger partial charge in [-0.1, -0.05) is 32.1 Å². The van der Waals surface area contributed by atoms with Crippen molar-refractivity contribution >= 4 is 6.03 Å². The Morgan fingerprint density at radius 3 is 2.10 bits per heavy atom. The standard InChI is InChI=1S/C18H30N2O/c21-17(19-16-4-2-1-3-5-16)20-18-10-13-6-7-14(11-18)9-15(8-13)12-18/h13-16H,1-12H2,(H2,19,20,21). The van der Waals surface area contributed by atoms with Crippen molar-refractivity contribution in [2.45, 2.75) is 88.6 Å². The smallest absolute Gasteiger partial charge is 0.315 e. The van der Waals surface area contributed by atoms with Crippen LogP contribution in [0.1, 0.15) is 77.0 Å². The van der Waals surface area contributed by atoms with Gasteiger partial charge in [0.05, 0.1) is 0 Å². The molecule has 2 N–H and O–H groups in total. The highest BCUT2D eigenvalue weighted by Crippen LogP contribution is 2.53. The Bertz CT molecular complexity index is 386. The van der Waals surface area contributed by atoms with Crippen LogP contribution < -0.4 is 10.6 Å². The highest BCUT2D eigenvalue weighted by atomic mass is 16.2. The van der Waals surface area contributed by atoms with Crippen molar-refractivity contribution in [3.8, 4) is 0 Å². The van der Waals surface area contributed by atoms with Crippen LogP contribution in [0, 0.1) is 17.8 Å². The van der Waals surface area contributed by atoms with Crippen LogP contribution in [-0.4, -0.2) is 17.6 Å². The molecular weight excluding hydrogens is 260 g/mol. The molecule has 5 fully saturated rings. The average molecular weight is 290 g/mol. The van der Waals surface area contributed by atoms with E-state index in [0.29, 0.717) is 6.04 Å². The van der Waals surface area contributed by atoms with E-state index in [0.717, 1.165) is 17.8 Å². The molecule has 0 aromatic heterocycles. The van der Waals surface area contributed by atoms with Crippen LogP contribution in [0.3, 0.4) is 0 Å². The molecule has 5 rings (SSSR count). The molecule has 3 heteroatoms. The van der Waals surface area contributed by atoms with Crippen molar-refractivity contribution in [3.63, 3.8) is 0 Å². The van der Waals surface area contributed by atoms with E-state index in [4.69, 9.17) is 0 Å². The van der Waals surface area contributed by atoms with Crippen LogP contribution in [0.25, 0.3) is 0 Å². The predicted molar refractivity (Wildman–Crippen MR) is 84.1 cm³/mol. The maximum atomic E-state index is 12.5. The third-order valence-electron chi connectivity index (χ3n) is 6.67. The number of hydrogen-bond acceptors (Lipinski definition) is 1. The summed E-state index contributed by atoms with van der Waals surface area (Å²) < 4.78 is 0. The first kappa shape index (κ1) is 13.9. The molecule has 3 nitrogen and oxygen atoms in total. The maximum absolute atomic E-state index is 12.5. The van der Waals surface area contributed by atoms with E-state index in [1.807, 2.05) is 0 Å². The summed E-state index contributed by atoms with van der Waals surface area (Å²) in [6.07, 6.45) is 15.7. The zero-order chi connectivity index (χ0) is 14.3. The highest BCUT2D eigenvalue weighted by molar-refractivity contribution is 5.75. The van der Waals surface area contributed by atoms with Gasteiger partial charge in [-0.05, 0) is 62.7 Å². The molecule has 2 amide bonds. The highest BCUT2D eigenvalue weighted by Gasteiger charge is 2.49. The van der Waals surface area contributed by atoms with Crippen LogP contribution in [0.15, 0.2) is 0 Å². The minimum absolute atomic E-state index is 0.129. The first-order valence-electron chi connectivity index (χ1n) is 9.29. The lowest BCUT2D eigenvalue weighted by molar-refractivity contribution is 0.0795. The predicted octanol–water partition coefficient (Wildman–Crippen LogP) is 3.98. The second kappa shape index (κ2) is 5.48. The summed E-state index contributed by atoms with van der Waals surface area (Å²) in [5.74, 6) is 2.65. The second-order valence-electron chi connectivity index (χ2n) is 8.47.